The van der Waals surface area contributed by atoms with E-state index < -0.39 is 28.5 Å². The van der Waals surface area contributed by atoms with Gasteiger partial charge >= 0.3 is 0 Å². The number of carbonyl (C=O) groups is 2. The minimum absolute atomic E-state index is 0.0316. The van der Waals surface area contributed by atoms with Gasteiger partial charge in [0.05, 0.1) is 17.0 Å². The molecule has 2 aromatic carbocycles. The van der Waals surface area contributed by atoms with Crippen LogP contribution in [0.4, 0.5) is 5.69 Å². The smallest absolute Gasteiger partial charge is 0.282 e. The quantitative estimate of drug-likeness (QED) is 0.481. The molecule has 3 rings (SSSR count). The maximum Gasteiger partial charge on any atom is 0.282 e. The molecule has 1 aliphatic heterocycles. The number of hydrogen-bond acceptors (Lipinski definition) is 6. The van der Waals surface area contributed by atoms with Crippen LogP contribution in [0.2, 0.25) is 0 Å². The van der Waals surface area contributed by atoms with E-state index >= 15 is 0 Å². The molecule has 0 spiro atoms. The molecule has 8 heteroatoms. The molecule has 0 aromatic heterocycles. The number of ether oxygens (including phenoxy) is 1. The third-order valence-electron chi connectivity index (χ3n) is 4.03. The second kappa shape index (κ2) is 6.93. The molecule has 134 valence electrons. The molecule has 1 atom stereocenters. The zero-order valence-corrected chi connectivity index (χ0v) is 13.9. The lowest BCUT2D eigenvalue weighted by Crippen LogP contribution is -2.39. The minimum atomic E-state index is -1.13. The van der Waals surface area contributed by atoms with Gasteiger partial charge < -0.3 is 9.84 Å². The maximum atomic E-state index is 12.4. The van der Waals surface area contributed by atoms with Crippen molar-refractivity contribution >= 4 is 17.5 Å². The summed E-state index contributed by atoms with van der Waals surface area (Å²) in [5.74, 6) is -0.901. The highest BCUT2D eigenvalue weighted by Crippen LogP contribution is 2.30. The zero-order valence-electron chi connectivity index (χ0n) is 13.9. The summed E-state index contributed by atoms with van der Waals surface area (Å²) in [6.45, 7) is 1.49. The van der Waals surface area contributed by atoms with Gasteiger partial charge in [0.15, 0.2) is 0 Å². The van der Waals surface area contributed by atoms with Crippen LogP contribution in [-0.4, -0.2) is 46.0 Å². The number of benzene rings is 2. The first-order valence-electron chi connectivity index (χ1n) is 7.89. The van der Waals surface area contributed by atoms with Crippen LogP contribution in [0.15, 0.2) is 42.5 Å². The lowest BCUT2D eigenvalue weighted by atomic mass is 10.1. The van der Waals surface area contributed by atoms with Gasteiger partial charge in [0.25, 0.3) is 17.5 Å². The lowest BCUT2D eigenvalue weighted by molar-refractivity contribution is -0.385. The van der Waals surface area contributed by atoms with Crippen LogP contribution in [0.1, 0.15) is 26.3 Å². The van der Waals surface area contributed by atoms with Crippen LogP contribution in [0.3, 0.4) is 0 Å². The molecule has 1 N–H and O–H groups in total. The molecule has 0 fully saturated rings. The number of amides is 2. The van der Waals surface area contributed by atoms with Gasteiger partial charge in [0, 0.05) is 6.07 Å². The lowest BCUT2D eigenvalue weighted by Gasteiger charge is -2.18. The maximum absolute atomic E-state index is 12.4. The average molecular weight is 356 g/mol. The number of nitro groups is 1. The van der Waals surface area contributed by atoms with Crippen molar-refractivity contribution < 1.29 is 24.4 Å². The molecule has 0 saturated carbocycles. The molecule has 0 saturated heterocycles. The first-order valence-corrected chi connectivity index (χ1v) is 7.89. The number of fused-ring (bicyclic) bond motifs is 1. The van der Waals surface area contributed by atoms with Gasteiger partial charge in [-0.3, -0.25) is 24.6 Å². The van der Waals surface area contributed by atoms with Gasteiger partial charge in [0.2, 0.25) is 0 Å². The second-order valence-electron chi connectivity index (χ2n) is 5.96. The molecule has 8 nitrogen and oxygen atoms in total. The number of hydrogen-bond donors (Lipinski definition) is 1. The first kappa shape index (κ1) is 17.6. The van der Waals surface area contributed by atoms with E-state index in [0.717, 1.165) is 10.5 Å². The van der Waals surface area contributed by atoms with E-state index in [2.05, 4.69) is 0 Å². The Morgan fingerprint density at radius 3 is 2.50 bits per heavy atom. The minimum Gasteiger partial charge on any atom is -0.491 e. The van der Waals surface area contributed by atoms with E-state index in [1.165, 1.54) is 18.2 Å². The second-order valence-corrected chi connectivity index (χ2v) is 5.96. The van der Waals surface area contributed by atoms with Gasteiger partial charge in [-0.2, -0.15) is 0 Å². The predicted molar refractivity (Wildman–Crippen MR) is 91.1 cm³/mol. The van der Waals surface area contributed by atoms with Crippen LogP contribution in [0, 0.1) is 17.0 Å². The van der Waals surface area contributed by atoms with E-state index in [0.29, 0.717) is 5.75 Å². The Morgan fingerprint density at radius 1 is 1.15 bits per heavy atom. The van der Waals surface area contributed by atoms with Crippen molar-refractivity contribution in [1.82, 2.24) is 4.90 Å². The highest BCUT2D eigenvalue weighted by molar-refractivity contribution is 6.23. The van der Waals surface area contributed by atoms with Crippen LogP contribution in [-0.2, 0) is 0 Å². The van der Waals surface area contributed by atoms with Crippen molar-refractivity contribution in [3.63, 3.8) is 0 Å². The van der Waals surface area contributed by atoms with Crippen molar-refractivity contribution in [2.45, 2.75) is 13.0 Å². The van der Waals surface area contributed by atoms with Crippen molar-refractivity contribution in [3.05, 3.63) is 69.3 Å². The fourth-order valence-corrected chi connectivity index (χ4v) is 2.72. The van der Waals surface area contributed by atoms with Gasteiger partial charge in [-0.1, -0.05) is 23.8 Å². The standard InChI is InChI=1S/C18H16N2O6/c1-11-5-7-13(8-6-11)26-10-12(21)9-19-17(22)14-3-2-4-15(20(24)25)16(14)18(19)23/h2-8,12,21H,9-10H2,1H3/t12-/m0/s1. The monoisotopic (exact) mass is 356 g/mol. The molecule has 0 radical (unpaired) electrons. The first-order chi connectivity index (χ1) is 12.4. The summed E-state index contributed by atoms with van der Waals surface area (Å²) in [5.41, 5.74) is 0.365. The Bertz CT molecular complexity index is 878. The number of aryl methyl sites for hydroxylation is 1. The van der Waals surface area contributed by atoms with Crippen molar-refractivity contribution in [1.29, 1.82) is 0 Å². The summed E-state index contributed by atoms with van der Waals surface area (Å²) in [7, 11) is 0. The summed E-state index contributed by atoms with van der Waals surface area (Å²) in [4.78, 5) is 36.0. The molecular formula is C18H16N2O6. The number of rotatable bonds is 6. The number of imide groups is 1. The molecule has 2 aromatic rings. The van der Waals surface area contributed by atoms with E-state index in [-0.39, 0.29) is 24.3 Å². The SMILES string of the molecule is Cc1ccc(OC[C@@H](O)CN2C(=O)c3cccc([N+](=O)[O-])c3C2=O)cc1. The number of nitro benzene ring substituents is 1. The van der Waals surface area contributed by atoms with Gasteiger partial charge in [-0.15, -0.1) is 0 Å². The molecular weight excluding hydrogens is 340 g/mol. The molecule has 0 aliphatic carbocycles. The number of β-amino-alcohol motifs (C(OH)–C–C–N with tert-alkyl or cyclic N) is 1. The third-order valence-corrected chi connectivity index (χ3v) is 4.03. The van der Waals surface area contributed by atoms with Crippen LogP contribution < -0.4 is 4.74 Å². The summed E-state index contributed by atoms with van der Waals surface area (Å²) in [6, 6.07) is 11.1. The summed E-state index contributed by atoms with van der Waals surface area (Å²) in [6.07, 6.45) is -1.13. The summed E-state index contributed by atoms with van der Waals surface area (Å²) in [5, 5.41) is 21.2. The topological polar surface area (TPSA) is 110 Å². The van der Waals surface area contributed by atoms with Gasteiger partial charge in [-0.05, 0) is 25.1 Å². The molecule has 0 bridgehead atoms. The van der Waals surface area contributed by atoms with E-state index in [1.54, 1.807) is 12.1 Å². The number of nitrogens with zero attached hydrogens (tertiary/aromatic N) is 2. The molecule has 0 unspecified atom stereocenters. The Hall–Kier alpha value is -3.26. The highest BCUT2D eigenvalue weighted by Gasteiger charge is 2.41. The van der Waals surface area contributed by atoms with Crippen molar-refractivity contribution in [2.75, 3.05) is 13.2 Å². The molecule has 1 heterocycles. The van der Waals surface area contributed by atoms with Crippen LogP contribution in [0.25, 0.3) is 0 Å². The van der Waals surface area contributed by atoms with Crippen molar-refractivity contribution in [3.8, 4) is 5.75 Å². The predicted octanol–water partition coefficient (Wildman–Crippen LogP) is 1.94. The van der Waals surface area contributed by atoms with Crippen molar-refractivity contribution in [2.24, 2.45) is 0 Å². The fraction of sp³-hybridized carbons (Fsp3) is 0.222. The fourth-order valence-electron chi connectivity index (χ4n) is 2.72. The average Bonchev–Trinajstić information content (AvgIpc) is 2.86. The number of carbonyl (C=O) groups excluding carboxylic acids is 2. The molecule has 1 aliphatic rings. The van der Waals surface area contributed by atoms with E-state index in [1.807, 2.05) is 19.1 Å². The largest absolute Gasteiger partial charge is 0.491 e. The number of aliphatic hydroxyl groups excluding tert-OH is 1. The van der Waals surface area contributed by atoms with Gasteiger partial charge in [0.1, 0.15) is 24.0 Å². The Kier molecular flexibility index (Phi) is 4.68. The van der Waals surface area contributed by atoms with Gasteiger partial charge in [-0.25, -0.2) is 0 Å². The Morgan fingerprint density at radius 2 is 1.85 bits per heavy atom. The van der Waals surface area contributed by atoms with Crippen LogP contribution >= 0.6 is 0 Å². The Labute approximate surface area is 148 Å². The van der Waals surface area contributed by atoms with Crippen LogP contribution in [0.5, 0.6) is 5.75 Å². The normalized spacial score (nSPS) is 14.3. The zero-order chi connectivity index (χ0) is 18.8. The summed E-state index contributed by atoms with van der Waals surface area (Å²) < 4.78 is 5.44. The third kappa shape index (κ3) is 3.27. The highest BCUT2D eigenvalue weighted by atomic mass is 16.6. The molecule has 2 amide bonds. The Balaban J connectivity index is 1.69. The molecule has 26 heavy (non-hydrogen) atoms. The van der Waals surface area contributed by atoms with E-state index in [4.69, 9.17) is 4.74 Å². The number of aliphatic hydroxyl groups is 1. The summed E-state index contributed by atoms with van der Waals surface area (Å²) >= 11 is 0. The van der Waals surface area contributed by atoms with E-state index in [9.17, 15) is 24.8 Å².